The molecule has 0 radical (unpaired) electrons. The molecular weight excluding hydrogens is 408 g/mol. The second kappa shape index (κ2) is 9.82. The average Bonchev–Trinajstić information content (AvgIpc) is 2.73. The van der Waals surface area contributed by atoms with Crippen molar-refractivity contribution in [2.24, 2.45) is 0 Å². The first-order chi connectivity index (χ1) is 14.4. The van der Waals surface area contributed by atoms with Gasteiger partial charge >= 0.3 is 5.97 Å². The first kappa shape index (κ1) is 21.9. The van der Waals surface area contributed by atoms with Crippen molar-refractivity contribution in [2.75, 3.05) is 50.2 Å². The van der Waals surface area contributed by atoms with E-state index in [-0.39, 0.29) is 12.5 Å². The Morgan fingerprint density at radius 2 is 1.90 bits per heavy atom. The molecule has 0 spiro atoms. The maximum Gasteiger partial charge on any atom is 0.337 e. The second-order valence-corrected chi connectivity index (χ2v) is 7.46. The quantitative estimate of drug-likeness (QED) is 0.703. The van der Waals surface area contributed by atoms with E-state index >= 15 is 0 Å². The van der Waals surface area contributed by atoms with Crippen LogP contribution >= 0.6 is 11.6 Å². The SMILES string of the molecule is COC(=O)c1ccc(N2CCOCC2)c(NC(=O)COc2c(C)cc(C)cc2Cl)c1. The molecule has 0 atom stereocenters. The minimum atomic E-state index is -0.475. The largest absolute Gasteiger partial charge is 0.482 e. The number of nitrogens with one attached hydrogen (secondary N) is 1. The van der Waals surface area contributed by atoms with Gasteiger partial charge in [-0.3, -0.25) is 4.79 Å². The van der Waals surface area contributed by atoms with Crippen LogP contribution in [0.1, 0.15) is 21.5 Å². The summed E-state index contributed by atoms with van der Waals surface area (Å²) in [4.78, 5) is 26.7. The number of esters is 1. The number of ether oxygens (including phenoxy) is 3. The summed E-state index contributed by atoms with van der Waals surface area (Å²) in [5, 5.41) is 3.31. The van der Waals surface area contributed by atoms with Crippen LogP contribution in [-0.2, 0) is 14.3 Å². The number of nitrogens with zero attached hydrogens (tertiary/aromatic N) is 1. The van der Waals surface area contributed by atoms with Gasteiger partial charge in [-0.15, -0.1) is 0 Å². The Hall–Kier alpha value is -2.77. The van der Waals surface area contributed by atoms with Crippen LogP contribution in [0.15, 0.2) is 30.3 Å². The lowest BCUT2D eigenvalue weighted by Crippen LogP contribution is -2.37. The molecule has 1 fully saturated rings. The molecule has 0 unspecified atom stereocenters. The molecule has 1 aliphatic heterocycles. The van der Waals surface area contributed by atoms with E-state index in [9.17, 15) is 9.59 Å². The fraction of sp³-hybridized carbons (Fsp3) is 0.364. The van der Waals surface area contributed by atoms with Gasteiger partial charge in [0, 0.05) is 13.1 Å². The fourth-order valence-corrected chi connectivity index (χ4v) is 3.75. The van der Waals surface area contributed by atoms with Crippen LogP contribution in [0.3, 0.4) is 0 Å². The zero-order valence-electron chi connectivity index (χ0n) is 17.3. The van der Waals surface area contributed by atoms with Crippen LogP contribution in [0.2, 0.25) is 5.02 Å². The summed E-state index contributed by atoms with van der Waals surface area (Å²) in [5.74, 6) is -0.353. The monoisotopic (exact) mass is 432 g/mol. The lowest BCUT2D eigenvalue weighted by atomic mass is 10.1. The highest BCUT2D eigenvalue weighted by atomic mass is 35.5. The van der Waals surface area contributed by atoms with E-state index in [4.69, 9.17) is 25.8 Å². The van der Waals surface area contributed by atoms with Gasteiger partial charge in [0.1, 0.15) is 5.75 Å². The highest BCUT2D eigenvalue weighted by Crippen LogP contribution is 2.31. The van der Waals surface area contributed by atoms with Gasteiger partial charge in [0.15, 0.2) is 6.61 Å². The van der Waals surface area contributed by atoms with E-state index in [1.54, 1.807) is 24.3 Å². The standard InChI is InChI=1S/C22H25ClN2O5/c1-14-10-15(2)21(17(23)11-14)30-13-20(26)24-18-12-16(22(27)28-3)4-5-19(18)25-6-8-29-9-7-25/h4-5,10-12H,6-9,13H2,1-3H3,(H,24,26). The Kier molecular flexibility index (Phi) is 7.18. The number of hydrogen-bond acceptors (Lipinski definition) is 6. The predicted octanol–water partition coefficient (Wildman–Crippen LogP) is 3.60. The van der Waals surface area contributed by atoms with Crippen molar-refractivity contribution in [3.8, 4) is 5.75 Å². The molecule has 1 amide bonds. The third kappa shape index (κ3) is 5.23. The smallest absolute Gasteiger partial charge is 0.337 e. The van der Waals surface area contributed by atoms with E-state index in [1.807, 2.05) is 19.9 Å². The van der Waals surface area contributed by atoms with Gasteiger partial charge in [-0.1, -0.05) is 17.7 Å². The van der Waals surface area contributed by atoms with Gasteiger partial charge in [0.25, 0.3) is 5.91 Å². The number of methoxy groups -OCH3 is 1. The number of aryl methyl sites for hydroxylation is 2. The Labute approximate surface area is 180 Å². The molecule has 7 nitrogen and oxygen atoms in total. The van der Waals surface area contributed by atoms with Gasteiger partial charge in [-0.2, -0.15) is 0 Å². The maximum absolute atomic E-state index is 12.6. The summed E-state index contributed by atoms with van der Waals surface area (Å²) >= 11 is 6.25. The molecular formula is C22H25ClN2O5. The number of carbonyl (C=O) groups is 2. The van der Waals surface area contributed by atoms with E-state index in [2.05, 4.69) is 10.2 Å². The van der Waals surface area contributed by atoms with E-state index in [1.165, 1.54) is 7.11 Å². The normalized spacial score (nSPS) is 13.7. The fourth-order valence-electron chi connectivity index (χ4n) is 3.37. The molecule has 1 N–H and O–H groups in total. The summed E-state index contributed by atoms with van der Waals surface area (Å²) in [5.41, 5.74) is 3.55. The molecule has 1 saturated heterocycles. The van der Waals surface area contributed by atoms with Crippen LogP contribution < -0.4 is 15.0 Å². The summed E-state index contributed by atoms with van der Waals surface area (Å²) in [7, 11) is 1.32. The number of amides is 1. The van der Waals surface area contributed by atoms with Gasteiger partial charge < -0.3 is 24.4 Å². The molecule has 3 rings (SSSR count). The molecule has 1 heterocycles. The third-order valence-electron chi connectivity index (χ3n) is 4.76. The van der Waals surface area contributed by atoms with E-state index < -0.39 is 5.97 Å². The van der Waals surface area contributed by atoms with Gasteiger partial charge in [-0.25, -0.2) is 4.79 Å². The number of carbonyl (C=O) groups excluding carboxylic acids is 2. The Bertz CT molecular complexity index is 918. The van der Waals surface area contributed by atoms with Gasteiger partial charge in [0.2, 0.25) is 0 Å². The Balaban J connectivity index is 1.77. The molecule has 0 aliphatic carbocycles. The average molecular weight is 433 g/mol. The number of benzene rings is 2. The Morgan fingerprint density at radius 1 is 1.17 bits per heavy atom. The maximum atomic E-state index is 12.6. The van der Waals surface area contributed by atoms with Gasteiger partial charge in [-0.05, 0) is 49.2 Å². The molecule has 160 valence electrons. The van der Waals surface area contributed by atoms with Gasteiger partial charge in [0.05, 0.1) is 42.3 Å². The second-order valence-electron chi connectivity index (χ2n) is 7.05. The van der Waals surface area contributed by atoms with Crippen LogP contribution in [0.4, 0.5) is 11.4 Å². The molecule has 0 bridgehead atoms. The number of morpholine rings is 1. The van der Waals surface area contributed by atoms with Crippen molar-refractivity contribution >= 4 is 34.9 Å². The molecule has 2 aromatic rings. The topological polar surface area (TPSA) is 77.1 Å². The van der Waals surface area contributed by atoms with Crippen LogP contribution in [0.25, 0.3) is 0 Å². The van der Waals surface area contributed by atoms with Crippen molar-refractivity contribution in [1.29, 1.82) is 0 Å². The van der Waals surface area contributed by atoms with E-state index in [0.29, 0.717) is 48.3 Å². The highest BCUT2D eigenvalue weighted by molar-refractivity contribution is 6.32. The van der Waals surface area contributed by atoms with Crippen molar-refractivity contribution in [1.82, 2.24) is 0 Å². The molecule has 1 aliphatic rings. The molecule has 2 aromatic carbocycles. The van der Waals surface area contributed by atoms with Crippen LogP contribution in [-0.4, -0.2) is 51.9 Å². The van der Waals surface area contributed by atoms with E-state index in [0.717, 1.165) is 16.8 Å². The molecule has 30 heavy (non-hydrogen) atoms. The summed E-state index contributed by atoms with van der Waals surface area (Å²) in [6.07, 6.45) is 0. The van der Waals surface area contributed by atoms with Crippen LogP contribution in [0.5, 0.6) is 5.75 Å². The van der Waals surface area contributed by atoms with Crippen molar-refractivity contribution < 1.29 is 23.8 Å². The number of rotatable bonds is 6. The first-order valence-corrected chi connectivity index (χ1v) is 10.0. The Morgan fingerprint density at radius 3 is 2.57 bits per heavy atom. The van der Waals surface area contributed by atoms with Crippen molar-refractivity contribution in [3.63, 3.8) is 0 Å². The highest BCUT2D eigenvalue weighted by Gasteiger charge is 2.19. The lowest BCUT2D eigenvalue weighted by Gasteiger charge is -2.30. The molecule has 0 saturated carbocycles. The molecule has 8 heteroatoms. The number of anilines is 2. The minimum absolute atomic E-state index is 0.214. The molecule has 0 aromatic heterocycles. The predicted molar refractivity (Wildman–Crippen MR) is 116 cm³/mol. The van der Waals surface area contributed by atoms with Crippen molar-refractivity contribution in [3.05, 3.63) is 52.0 Å². The summed E-state index contributed by atoms with van der Waals surface area (Å²) in [6, 6.07) is 8.82. The van der Waals surface area contributed by atoms with Crippen molar-refractivity contribution in [2.45, 2.75) is 13.8 Å². The first-order valence-electron chi connectivity index (χ1n) is 9.63. The summed E-state index contributed by atoms with van der Waals surface area (Å²) < 4.78 is 15.9. The number of halogens is 1. The lowest BCUT2D eigenvalue weighted by molar-refractivity contribution is -0.118. The third-order valence-corrected chi connectivity index (χ3v) is 5.05. The van der Waals surface area contributed by atoms with Crippen LogP contribution in [0, 0.1) is 13.8 Å². The zero-order valence-corrected chi connectivity index (χ0v) is 18.0. The zero-order chi connectivity index (χ0) is 21.7. The minimum Gasteiger partial charge on any atom is -0.482 e. The summed E-state index contributed by atoms with van der Waals surface area (Å²) in [6.45, 7) is 6.18. The number of hydrogen-bond donors (Lipinski definition) is 1.